The molecule has 0 amide bonds. The molecule has 5 rings (SSSR count). The van der Waals surface area contributed by atoms with E-state index in [1.165, 1.54) is 12.7 Å². The molecule has 0 aliphatic carbocycles. The molecule has 7 heteroatoms. The molecule has 0 radical (unpaired) electrons. The minimum absolute atomic E-state index is 0.246. The van der Waals surface area contributed by atoms with Crippen molar-refractivity contribution >= 4 is 55.2 Å². The highest BCUT2D eigenvalue weighted by molar-refractivity contribution is 7.22. The van der Waals surface area contributed by atoms with Gasteiger partial charge in [0.1, 0.15) is 5.92 Å². The zero-order valence-electron chi connectivity index (χ0n) is 15.5. The Morgan fingerprint density at radius 3 is 3.00 bits per heavy atom. The molecule has 2 aromatic carbocycles. The second-order valence-corrected chi connectivity index (χ2v) is 8.58. The summed E-state index contributed by atoms with van der Waals surface area (Å²) in [4.78, 5) is 23.0. The van der Waals surface area contributed by atoms with Gasteiger partial charge < -0.3 is 14.6 Å². The van der Waals surface area contributed by atoms with Crippen molar-refractivity contribution in [1.29, 1.82) is 0 Å². The third-order valence-electron chi connectivity index (χ3n) is 5.27. The Kier molecular flexibility index (Phi) is 4.07. The van der Waals surface area contributed by atoms with Gasteiger partial charge in [0.15, 0.2) is 5.13 Å². The zero-order valence-corrected chi connectivity index (χ0v) is 17.0. The van der Waals surface area contributed by atoms with E-state index in [4.69, 9.17) is 21.3 Å². The fourth-order valence-electron chi connectivity index (χ4n) is 3.97. The van der Waals surface area contributed by atoms with Crippen LogP contribution in [0.4, 0.5) is 5.13 Å². The number of carbonyl (C=O) groups is 1. The summed E-state index contributed by atoms with van der Waals surface area (Å²) in [6.45, 7) is 3.26. The Morgan fingerprint density at radius 2 is 2.18 bits per heavy atom. The molecule has 1 aliphatic rings. The maximum Gasteiger partial charge on any atom is 0.315 e. The number of carbonyl (C=O) groups excluding carboxylic acids is 1. The van der Waals surface area contributed by atoms with E-state index in [0.717, 1.165) is 37.5 Å². The molecule has 1 aliphatic heterocycles. The normalized spacial score (nSPS) is 16.5. The molecule has 2 aromatic heterocycles. The second-order valence-electron chi connectivity index (χ2n) is 7.13. The smallest absolute Gasteiger partial charge is 0.315 e. The first kappa shape index (κ1) is 17.5. The van der Waals surface area contributed by atoms with Crippen LogP contribution in [-0.4, -0.2) is 29.6 Å². The average Bonchev–Trinajstić information content (AvgIpc) is 3.27. The number of thiazole rings is 1. The zero-order chi connectivity index (χ0) is 19.4. The van der Waals surface area contributed by atoms with E-state index in [-0.39, 0.29) is 5.97 Å². The van der Waals surface area contributed by atoms with Crippen LogP contribution in [0.15, 0.2) is 36.4 Å². The van der Waals surface area contributed by atoms with Crippen molar-refractivity contribution in [3.63, 3.8) is 0 Å². The van der Waals surface area contributed by atoms with E-state index in [9.17, 15) is 4.79 Å². The van der Waals surface area contributed by atoms with Gasteiger partial charge in [-0.05, 0) is 48.4 Å². The lowest BCUT2D eigenvalue weighted by Crippen LogP contribution is -2.37. The molecular formula is C21H18ClN3O2S. The third kappa shape index (κ3) is 2.75. The molecule has 28 heavy (non-hydrogen) atoms. The van der Waals surface area contributed by atoms with Crippen molar-refractivity contribution in [3.8, 4) is 0 Å². The minimum Gasteiger partial charge on any atom is -0.468 e. The number of benzene rings is 2. The molecule has 1 N–H and O–H groups in total. The molecule has 3 heterocycles. The molecular weight excluding hydrogens is 394 g/mol. The van der Waals surface area contributed by atoms with Gasteiger partial charge >= 0.3 is 5.97 Å². The van der Waals surface area contributed by atoms with Gasteiger partial charge in [0.2, 0.25) is 0 Å². The van der Waals surface area contributed by atoms with E-state index in [2.05, 4.69) is 28.9 Å². The maximum absolute atomic E-state index is 12.6. The first-order valence-corrected chi connectivity index (χ1v) is 10.2. The fraction of sp³-hybridized carbons (Fsp3) is 0.238. The molecule has 1 unspecified atom stereocenters. The van der Waals surface area contributed by atoms with Gasteiger partial charge in [0.25, 0.3) is 0 Å². The maximum atomic E-state index is 12.6. The Labute approximate surface area is 170 Å². The number of halogens is 1. The van der Waals surface area contributed by atoms with Gasteiger partial charge in [-0.15, -0.1) is 0 Å². The number of hydrogen-bond donors (Lipinski definition) is 1. The van der Waals surface area contributed by atoms with E-state index in [0.29, 0.717) is 18.1 Å². The minimum atomic E-state index is -0.394. The monoisotopic (exact) mass is 411 g/mol. The van der Waals surface area contributed by atoms with E-state index in [1.807, 2.05) is 24.3 Å². The van der Waals surface area contributed by atoms with Crippen LogP contribution in [0.25, 0.3) is 21.1 Å². The number of hydrogen-bond acceptors (Lipinski definition) is 5. The van der Waals surface area contributed by atoms with Crippen molar-refractivity contribution in [2.45, 2.75) is 19.4 Å². The number of nitrogens with zero attached hydrogens (tertiary/aromatic N) is 2. The topological polar surface area (TPSA) is 58.2 Å². The molecule has 142 valence electrons. The lowest BCUT2D eigenvalue weighted by atomic mass is 9.92. The number of aromatic nitrogens is 2. The highest BCUT2D eigenvalue weighted by atomic mass is 35.5. The number of nitrogens with one attached hydrogen (secondary N) is 1. The Bertz CT molecular complexity index is 1230. The molecule has 0 saturated carbocycles. The van der Waals surface area contributed by atoms with Gasteiger partial charge in [-0.1, -0.05) is 29.0 Å². The van der Waals surface area contributed by atoms with Crippen molar-refractivity contribution in [2.24, 2.45) is 0 Å². The fourth-order valence-corrected chi connectivity index (χ4v) is 5.21. The van der Waals surface area contributed by atoms with E-state index >= 15 is 0 Å². The van der Waals surface area contributed by atoms with E-state index < -0.39 is 5.92 Å². The molecule has 0 spiro atoms. The number of rotatable bonds is 2. The SMILES string of the molecule is COC(=O)C1CN(c2nc3ccc(C)cc3s2)Cc2[nH]c3ccc(Cl)cc3c21. The van der Waals surface area contributed by atoms with E-state index in [1.54, 1.807) is 11.3 Å². The number of H-pyrrole nitrogens is 1. The summed E-state index contributed by atoms with van der Waals surface area (Å²) >= 11 is 7.86. The van der Waals surface area contributed by atoms with Crippen LogP contribution in [0.2, 0.25) is 5.02 Å². The first-order chi connectivity index (χ1) is 13.5. The predicted molar refractivity (Wildman–Crippen MR) is 113 cm³/mol. The standard InChI is InChI=1S/C21H18ClN3O2S/c1-11-3-5-16-18(7-11)28-21(24-16)25-9-14(20(26)27-2)19-13-8-12(22)4-6-15(13)23-17(19)10-25/h3-8,14,23H,9-10H2,1-2H3. The number of aryl methyl sites for hydroxylation is 1. The van der Waals surface area contributed by atoms with Crippen LogP contribution in [-0.2, 0) is 16.1 Å². The number of aromatic amines is 1. The Hall–Kier alpha value is -2.57. The summed E-state index contributed by atoms with van der Waals surface area (Å²) in [5.74, 6) is -0.640. The van der Waals surface area contributed by atoms with Crippen LogP contribution in [0.5, 0.6) is 0 Å². The average molecular weight is 412 g/mol. The number of ether oxygens (including phenoxy) is 1. The Morgan fingerprint density at radius 1 is 1.32 bits per heavy atom. The molecule has 0 fully saturated rings. The van der Waals surface area contributed by atoms with Gasteiger partial charge in [-0.2, -0.15) is 0 Å². The van der Waals surface area contributed by atoms with Crippen molar-refractivity contribution in [3.05, 3.63) is 58.2 Å². The van der Waals surface area contributed by atoms with Crippen LogP contribution in [0.3, 0.4) is 0 Å². The highest BCUT2D eigenvalue weighted by Crippen LogP contribution is 2.40. The summed E-state index contributed by atoms with van der Waals surface area (Å²) < 4.78 is 6.28. The summed E-state index contributed by atoms with van der Waals surface area (Å²) in [6, 6.07) is 12.0. The second kappa shape index (κ2) is 6.50. The molecule has 1 atom stereocenters. The van der Waals surface area contributed by atoms with Crippen molar-refractivity contribution in [2.75, 3.05) is 18.6 Å². The summed E-state index contributed by atoms with van der Waals surface area (Å²) in [7, 11) is 1.43. The lowest BCUT2D eigenvalue weighted by Gasteiger charge is -2.31. The van der Waals surface area contributed by atoms with Crippen molar-refractivity contribution in [1.82, 2.24) is 9.97 Å². The quantitative estimate of drug-likeness (QED) is 0.471. The lowest BCUT2D eigenvalue weighted by molar-refractivity contribution is -0.142. The summed E-state index contributed by atoms with van der Waals surface area (Å²) in [5.41, 5.74) is 5.16. The molecule has 4 aromatic rings. The third-order valence-corrected chi connectivity index (χ3v) is 6.59. The Balaban J connectivity index is 1.63. The van der Waals surface area contributed by atoms with Gasteiger partial charge in [0.05, 0.1) is 23.9 Å². The van der Waals surface area contributed by atoms with Crippen LogP contribution in [0, 0.1) is 6.92 Å². The number of methoxy groups -OCH3 is 1. The number of fused-ring (bicyclic) bond motifs is 4. The number of esters is 1. The summed E-state index contributed by atoms with van der Waals surface area (Å²) in [6.07, 6.45) is 0. The molecule has 0 saturated heterocycles. The van der Waals surface area contributed by atoms with Gasteiger partial charge in [-0.25, -0.2) is 4.98 Å². The summed E-state index contributed by atoms with van der Waals surface area (Å²) in [5, 5.41) is 2.55. The predicted octanol–water partition coefficient (Wildman–Crippen LogP) is 5.02. The van der Waals surface area contributed by atoms with Gasteiger partial charge in [0, 0.05) is 28.2 Å². The largest absolute Gasteiger partial charge is 0.468 e. The molecule has 5 nitrogen and oxygen atoms in total. The van der Waals surface area contributed by atoms with Gasteiger partial charge in [-0.3, -0.25) is 4.79 Å². The highest BCUT2D eigenvalue weighted by Gasteiger charge is 2.35. The van der Waals surface area contributed by atoms with Crippen LogP contribution in [0.1, 0.15) is 22.7 Å². The van der Waals surface area contributed by atoms with Crippen LogP contribution >= 0.6 is 22.9 Å². The molecule has 0 bridgehead atoms. The van der Waals surface area contributed by atoms with Crippen LogP contribution < -0.4 is 4.90 Å². The first-order valence-electron chi connectivity index (χ1n) is 9.03. The van der Waals surface area contributed by atoms with Crippen molar-refractivity contribution < 1.29 is 9.53 Å². The number of anilines is 1.